The molecule has 1 aromatic carbocycles. The summed E-state index contributed by atoms with van der Waals surface area (Å²) in [6.45, 7) is -0.523. The number of para-hydroxylation sites is 1. The minimum absolute atomic E-state index is 0.282. The number of ether oxygens (including phenoxy) is 2. The van der Waals surface area contributed by atoms with E-state index in [1.807, 2.05) is 0 Å². The van der Waals surface area contributed by atoms with Gasteiger partial charge in [-0.2, -0.15) is 0 Å². The number of aliphatic hydroxyl groups excluding tert-OH is 4. The molecule has 0 bridgehead atoms. The van der Waals surface area contributed by atoms with Crippen LogP contribution in [-0.4, -0.2) is 69.1 Å². The van der Waals surface area contributed by atoms with Crippen LogP contribution in [0.2, 0.25) is 0 Å². The zero-order valence-electron chi connectivity index (χ0n) is 12.9. The van der Waals surface area contributed by atoms with E-state index in [1.54, 1.807) is 24.3 Å². The number of carbonyl (C=O) groups excluding carboxylic acids is 1. The van der Waals surface area contributed by atoms with Gasteiger partial charge in [0.2, 0.25) is 0 Å². The molecule has 8 heteroatoms. The second kappa shape index (κ2) is 6.50. The van der Waals surface area contributed by atoms with Gasteiger partial charge in [0.1, 0.15) is 24.4 Å². The number of carbonyl (C=O) groups is 1. The molecular formula is C16H19NO7. The fourth-order valence-corrected chi connectivity index (χ4v) is 3.00. The molecule has 8 nitrogen and oxygen atoms in total. The number of nitrogens with zero attached hydrogens (tertiary/aromatic N) is 1. The Labute approximate surface area is 137 Å². The summed E-state index contributed by atoms with van der Waals surface area (Å²) in [5, 5.41) is 40.1. The fraction of sp³-hybridized carbons (Fsp3) is 0.438. The van der Waals surface area contributed by atoms with Crippen LogP contribution in [0.3, 0.4) is 0 Å². The van der Waals surface area contributed by atoms with E-state index >= 15 is 0 Å². The molecule has 1 aliphatic rings. The summed E-state index contributed by atoms with van der Waals surface area (Å²) in [5.41, 5.74) is 0.868. The third kappa shape index (κ3) is 2.58. The van der Waals surface area contributed by atoms with Crippen molar-refractivity contribution in [1.82, 2.24) is 4.57 Å². The van der Waals surface area contributed by atoms with Gasteiger partial charge in [-0.25, -0.2) is 4.79 Å². The van der Waals surface area contributed by atoms with E-state index in [2.05, 4.69) is 0 Å². The van der Waals surface area contributed by atoms with Gasteiger partial charge < -0.3 is 34.5 Å². The highest BCUT2D eigenvalue weighted by Crippen LogP contribution is 2.33. The smallest absolute Gasteiger partial charge is 0.340 e. The molecule has 24 heavy (non-hydrogen) atoms. The van der Waals surface area contributed by atoms with Crippen LogP contribution in [-0.2, 0) is 9.47 Å². The normalized spacial score (nSPS) is 30.5. The second-order valence-electron chi connectivity index (χ2n) is 5.68. The standard InChI is InChI=1S/C16H19NO7/c1-23-16(22)9-6-17(10-5-3-2-4-8(9)10)15-14(21)13(20)12(19)11(7-18)24-15/h2-6,11-15,18-21H,7H2,1H3/t11-,12-,13+,14-,15-/m1/s1. The maximum Gasteiger partial charge on any atom is 0.340 e. The van der Waals surface area contributed by atoms with Crippen LogP contribution in [0, 0.1) is 0 Å². The summed E-state index contributed by atoms with van der Waals surface area (Å²) in [4.78, 5) is 12.0. The molecule has 4 N–H and O–H groups in total. The fourth-order valence-electron chi connectivity index (χ4n) is 3.00. The third-order valence-electron chi connectivity index (χ3n) is 4.29. The van der Waals surface area contributed by atoms with E-state index in [0.717, 1.165) is 0 Å². The van der Waals surface area contributed by atoms with Gasteiger partial charge in [0.25, 0.3) is 0 Å². The van der Waals surface area contributed by atoms with E-state index in [0.29, 0.717) is 10.9 Å². The Bertz CT molecular complexity index is 741. The molecule has 0 spiro atoms. The number of aromatic nitrogens is 1. The minimum atomic E-state index is -1.50. The highest BCUT2D eigenvalue weighted by molar-refractivity contribution is 6.04. The number of methoxy groups -OCH3 is 1. The summed E-state index contributed by atoms with van der Waals surface area (Å²) in [6, 6.07) is 6.96. The zero-order chi connectivity index (χ0) is 17.4. The van der Waals surface area contributed by atoms with Crippen LogP contribution >= 0.6 is 0 Å². The molecule has 1 saturated heterocycles. The number of benzene rings is 1. The van der Waals surface area contributed by atoms with Crippen molar-refractivity contribution in [2.45, 2.75) is 30.6 Å². The Morgan fingerprint density at radius 3 is 2.58 bits per heavy atom. The van der Waals surface area contributed by atoms with Crippen molar-refractivity contribution in [1.29, 1.82) is 0 Å². The summed E-state index contributed by atoms with van der Waals surface area (Å²) in [6.07, 6.45) is -5.03. The molecule has 2 heterocycles. The lowest BCUT2D eigenvalue weighted by Crippen LogP contribution is -2.56. The highest BCUT2D eigenvalue weighted by atomic mass is 16.6. The molecule has 0 amide bonds. The molecule has 5 atom stereocenters. The first kappa shape index (κ1) is 16.9. The minimum Gasteiger partial charge on any atom is -0.465 e. The number of aliphatic hydroxyl groups is 4. The van der Waals surface area contributed by atoms with Gasteiger partial charge in [-0.05, 0) is 6.07 Å². The van der Waals surface area contributed by atoms with Crippen LogP contribution < -0.4 is 0 Å². The van der Waals surface area contributed by atoms with Crippen LogP contribution in [0.4, 0.5) is 0 Å². The molecule has 1 aliphatic heterocycles. The lowest BCUT2D eigenvalue weighted by Gasteiger charge is -2.40. The lowest BCUT2D eigenvalue weighted by molar-refractivity contribution is -0.250. The first-order valence-electron chi connectivity index (χ1n) is 7.48. The van der Waals surface area contributed by atoms with E-state index < -0.39 is 43.2 Å². The molecule has 130 valence electrons. The van der Waals surface area contributed by atoms with Gasteiger partial charge in [-0.3, -0.25) is 0 Å². The van der Waals surface area contributed by atoms with Gasteiger partial charge in [0.15, 0.2) is 6.23 Å². The van der Waals surface area contributed by atoms with E-state index in [-0.39, 0.29) is 5.56 Å². The maximum atomic E-state index is 12.0. The first-order chi connectivity index (χ1) is 11.5. The number of rotatable bonds is 3. The number of esters is 1. The Morgan fingerprint density at radius 1 is 1.21 bits per heavy atom. The van der Waals surface area contributed by atoms with Crippen molar-refractivity contribution in [3.05, 3.63) is 36.0 Å². The van der Waals surface area contributed by atoms with Crippen molar-refractivity contribution >= 4 is 16.9 Å². The Kier molecular flexibility index (Phi) is 4.57. The molecule has 0 saturated carbocycles. The molecule has 1 fully saturated rings. The largest absolute Gasteiger partial charge is 0.465 e. The van der Waals surface area contributed by atoms with Crippen molar-refractivity contribution in [3.8, 4) is 0 Å². The third-order valence-corrected chi connectivity index (χ3v) is 4.29. The molecule has 1 aromatic heterocycles. The van der Waals surface area contributed by atoms with Gasteiger partial charge in [-0.15, -0.1) is 0 Å². The van der Waals surface area contributed by atoms with E-state index in [1.165, 1.54) is 17.9 Å². The Balaban J connectivity index is 2.10. The van der Waals surface area contributed by atoms with Gasteiger partial charge in [-0.1, -0.05) is 18.2 Å². The average Bonchev–Trinajstić information content (AvgIpc) is 2.99. The van der Waals surface area contributed by atoms with Crippen molar-refractivity contribution in [2.75, 3.05) is 13.7 Å². The maximum absolute atomic E-state index is 12.0. The van der Waals surface area contributed by atoms with Crippen LogP contribution in [0.15, 0.2) is 30.5 Å². The first-order valence-corrected chi connectivity index (χ1v) is 7.48. The van der Waals surface area contributed by atoms with Crippen LogP contribution in [0.1, 0.15) is 16.6 Å². The van der Waals surface area contributed by atoms with Crippen LogP contribution in [0.5, 0.6) is 0 Å². The lowest BCUT2D eigenvalue weighted by atomic mass is 9.98. The summed E-state index contributed by atoms with van der Waals surface area (Å²) in [5.74, 6) is -0.547. The topological polar surface area (TPSA) is 121 Å². The summed E-state index contributed by atoms with van der Waals surface area (Å²) in [7, 11) is 1.27. The summed E-state index contributed by atoms with van der Waals surface area (Å²) >= 11 is 0. The second-order valence-corrected chi connectivity index (χ2v) is 5.68. The Morgan fingerprint density at radius 2 is 1.92 bits per heavy atom. The molecule has 2 aromatic rings. The van der Waals surface area contributed by atoms with Gasteiger partial charge in [0.05, 0.1) is 24.8 Å². The monoisotopic (exact) mass is 337 g/mol. The van der Waals surface area contributed by atoms with E-state index in [9.17, 15) is 25.2 Å². The number of hydrogen-bond acceptors (Lipinski definition) is 7. The predicted octanol–water partition coefficient (Wildman–Crippen LogP) is -0.600. The molecule has 0 radical (unpaired) electrons. The molecule has 0 unspecified atom stereocenters. The van der Waals surface area contributed by atoms with Crippen molar-refractivity contribution in [3.63, 3.8) is 0 Å². The number of hydrogen-bond donors (Lipinski definition) is 4. The Hall–Kier alpha value is -1.97. The van der Waals surface area contributed by atoms with Crippen molar-refractivity contribution in [2.24, 2.45) is 0 Å². The summed E-state index contributed by atoms with van der Waals surface area (Å²) < 4.78 is 11.8. The van der Waals surface area contributed by atoms with Crippen molar-refractivity contribution < 1.29 is 34.7 Å². The van der Waals surface area contributed by atoms with Gasteiger partial charge >= 0.3 is 5.97 Å². The predicted molar refractivity (Wildman–Crippen MR) is 82.3 cm³/mol. The average molecular weight is 337 g/mol. The quantitative estimate of drug-likeness (QED) is 0.552. The molecule has 3 rings (SSSR count). The van der Waals surface area contributed by atoms with Crippen LogP contribution in [0.25, 0.3) is 10.9 Å². The number of fused-ring (bicyclic) bond motifs is 1. The molecular weight excluding hydrogens is 318 g/mol. The van der Waals surface area contributed by atoms with Gasteiger partial charge in [0, 0.05) is 11.6 Å². The zero-order valence-corrected chi connectivity index (χ0v) is 12.9. The molecule has 0 aliphatic carbocycles. The SMILES string of the molecule is COC(=O)c1cn([C@@H]2O[C@H](CO)[C@@H](O)[C@H](O)[C@H]2O)c2ccccc12. The highest BCUT2D eigenvalue weighted by Gasteiger charge is 2.44. The van der Waals surface area contributed by atoms with E-state index in [4.69, 9.17) is 9.47 Å².